The van der Waals surface area contributed by atoms with E-state index in [1.807, 2.05) is 13.8 Å². The van der Waals surface area contributed by atoms with Crippen LogP contribution in [-0.2, 0) is 14.4 Å². The molecule has 0 aliphatic carbocycles. The Kier molecular flexibility index (Phi) is 5.68. The van der Waals surface area contributed by atoms with Gasteiger partial charge < -0.3 is 15.2 Å². The molecule has 0 saturated carbocycles. The molecule has 2 N–H and O–H groups in total. The van der Waals surface area contributed by atoms with Crippen LogP contribution in [0.25, 0.3) is 5.57 Å². The maximum Gasteiger partial charge on any atom is 0.301 e. The molecule has 2 aromatic rings. The van der Waals surface area contributed by atoms with Crippen molar-refractivity contribution < 1.29 is 24.2 Å². The number of hydrogen-bond donors (Lipinski definition) is 2. The van der Waals surface area contributed by atoms with Crippen molar-refractivity contribution in [3.8, 4) is 5.75 Å². The molecule has 0 saturated heterocycles. The third-order valence-electron chi connectivity index (χ3n) is 4.23. The molecular weight excluding hydrogens is 372 g/mol. The van der Waals surface area contributed by atoms with Gasteiger partial charge in [0.1, 0.15) is 5.75 Å². The monoisotopic (exact) mass is 394 g/mol. The van der Waals surface area contributed by atoms with E-state index in [0.717, 1.165) is 4.90 Å². The second-order valence-corrected chi connectivity index (χ2v) is 7.13. The van der Waals surface area contributed by atoms with E-state index < -0.39 is 17.6 Å². The molecule has 0 fully saturated rings. The minimum atomic E-state index is -0.794. The molecule has 7 nitrogen and oxygen atoms in total. The summed E-state index contributed by atoms with van der Waals surface area (Å²) in [5.41, 5.74) is 1.20. The predicted molar refractivity (Wildman–Crippen MR) is 110 cm³/mol. The van der Waals surface area contributed by atoms with Crippen molar-refractivity contribution >= 4 is 34.7 Å². The van der Waals surface area contributed by atoms with Crippen LogP contribution < -0.4 is 15.0 Å². The lowest BCUT2D eigenvalue weighted by atomic mass is 10.1. The van der Waals surface area contributed by atoms with Gasteiger partial charge in [-0.1, -0.05) is 26.0 Å². The zero-order chi connectivity index (χ0) is 21.1. The number of imide groups is 1. The smallest absolute Gasteiger partial charge is 0.301 e. The van der Waals surface area contributed by atoms with Crippen LogP contribution in [0.15, 0.2) is 54.3 Å². The van der Waals surface area contributed by atoms with Gasteiger partial charge in [0.2, 0.25) is 5.91 Å². The number of benzene rings is 2. The molecule has 3 rings (SSSR count). The molecule has 0 spiro atoms. The zero-order valence-electron chi connectivity index (χ0n) is 16.4. The molecule has 0 radical (unpaired) electrons. The normalized spacial score (nSPS) is 14.0. The lowest BCUT2D eigenvalue weighted by molar-refractivity contribution is -0.121. The Bertz CT molecular complexity index is 975. The van der Waals surface area contributed by atoms with Crippen molar-refractivity contribution in [1.82, 2.24) is 0 Å². The molecule has 3 amide bonds. The first-order chi connectivity index (χ1) is 13.8. The maximum atomic E-state index is 12.9. The third-order valence-corrected chi connectivity index (χ3v) is 4.23. The van der Waals surface area contributed by atoms with Crippen LogP contribution >= 0.6 is 0 Å². The lowest BCUT2D eigenvalue weighted by Crippen LogP contribution is -2.31. The summed E-state index contributed by atoms with van der Waals surface area (Å²) in [5.74, 6) is -1.22. The van der Waals surface area contributed by atoms with Crippen molar-refractivity contribution in [2.24, 2.45) is 5.92 Å². The zero-order valence-corrected chi connectivity index (χ0v) is 16.4. The van der Waals surface area contributed by atoms with Crippen molar-refractivity contribution in [3.63, 3.8) is 0 Å². The summed E-state index contributed by atoms with van der Waals surface area (Å²) < 4.78 is 5.62. The van der Waals surface area contributed by atoms with Gasteiger partial charge in [0.05, 0.1) is 17.9 Å². The largest absolute Gasteiger partial charge is 0.502 e. The van der Waals surface area contributed by atoms with Gasteiger partial charge in [-0.25, -0.2) is 4.90 Å². The van der Waals surface area contributed by atoms with Gasteiger partial charge in [0, 0.05) is 12.6 Å². The number of nitrogens with zero attached hydrogens (tertiary/aromatic N) is 1. The number of amides is 3. The number of aliphatic hydroxyl groups is 1. The Morgan fingerprint density at radius 3 is 2.21 bits per heavy atom. The van der Waals surface area contributed by atoms with Crippen LogP contribution in [0, 0.1) is 5.92 Å². The molecule has 1 aliphatic heterocycles. The Balaban J connectivity index is 1.82. The number of rotatable bonds is 6. The SMILES string of the molecule is CC(=O)Nc1ccc(N2C(=O)C(O)=C(c3ccc(OCC(C)C)cc3)C2=O)cc1. The second-order valence-electron chi connectivity index (χ2n) is 7.13. The van der Waals surface area contributed by atoms with Crippen LogP contribution in [0.4, 0.5) is 11.4 Å². The van der Waals surface area contributed by atoms with Crippen molar-refractivity contribution in [3.05, 3.63) is 59.9 Å². The fourth-order valence-corrected chi connectivity index (χ4v) is 2.89. The molecule has 29 heavy (non-hydrogen) atoms. The number of carbonyl (C=O) groups excluding carboxylic acids is 3. The number of aliphatic hydroxyl groups excluding tert-OH is 1. The average Bonchev–Trinajstić information content (AvgIpc) is 2.90. The first-order valence-electron chi connectivity index (χ1n) is 9.21. The average molecular weight is 394 g/mol. The molecule has 2 aromatic carbocycles. The van der Waals surface area contributed by atoms with Crippen molar-refractivity contribution in [2.45, 2.75) is 20.8 Å². The number of anilines is 2. The number of hydrogen-bond acceptors (Lipinski definition) is 5. The van der Waals surface area contributed by atoms with E-state index in [9.17, 15) is 19.5 Å². The van der Waals surface area contributed by atoms with Gasteiger partial charge in [-0.2, -0.15) is 0 Å². The summed E-state index contributed by atoms with van der Waals surface area (Å²) in [4.78, 5) is 37.4. The summed E-state index contributed by atoms with van der Waals surface area (Å²) in [7, 11) is 0. The molecule has 0 atom stereocenters. The molecule has 7 heteroatoms. The van der Waals surface area contributed by atoms with Gasteiger partial charge in [-0.3, -0.25) is 14.4 Å². The van der Waals surface area contributed by atoms with E-state index in [2.05, 4.69) is 5.32 Å². The number of nitrogens with one attached hydrogen (secondary N) is 1. The predicted octanol–water partition coefficient (Wildman–Crippen LogP) is 3.52. The van der Waals surface area contributed by atoms with Crippen LogP contribution in [-0.4, -0.2) is 29.4 Å². The summed E-state index contributed by atoms with van der Waals surface area (Å²) >= 11 is 0. The van der Waals surface area contributed by atoms with Crippen LogP contribution in [0.2, 0.25) is 0 Å². The summed E-state index contributed by atoms with van der Waals surface area (Å²) in [6.07, 6.45) is 0. The van der Waals surface area contributed by atoms with Crippen LogP contribution in [0.3, 0.4) is 0 Å². The highest BCUT2D eigenvalue weighted by Gasteiger charge is 2.40. The van der Waals surface area contributed by atoms with Crippen molar-refractivity contribution in [2.75, 3.05) is 16.8 Å². The minimum Gasteiger partial charge on any atom is -0.502 e. The Hall–Kier alpha value is -3.61. The van der Waals surface area contributed by atoms with Crippen LogP contribution in [0.1, 0.15) is 26.3 Å². The fourth-order valence-electron chi connectivity index (χ4n) is 2.89. The van der Waals surface area contributed by atoms with Gasteiger partial charge in [-0.05, 0) is 47.9 Å². The number of carbonyl (C=O) groups is 3. The summed E-state index contributed by atoms with van der Waals surface area (Å²) in [5, 5.41) is 12.9. The van der Waals surface area contributed by atoms with E-state index in [0.29, 0.717) is 35.2 Å². The van der Waals surface area contributed by atoms with Gasteiger partial charge in [-0.15, -0.1) is 0 Å². The molecule has 1 heterocycles. The first-order valence-corrected chi connectivity index (χ1v) is 9.21. The minimum absolute atomic E-state index is 0.0589. The van der Waals surface area contributed by atoms with Gasteiger partial charge >= 0.3 is 5.91 Å². The topological polar surface area (TPSA) is 95.9 Å². The van der Waals surface area contributed by atoms with Gasteiger partial charge in [0.25, 0.3) is 5.91 Å². The lowest BCUT2D eigenvalue weighted by Gasteiger charge is -2.15. The Morgan fingerprint density at radius 2 is 1.66 bits per heavy atom. The second kappa shape index (κ2) is 8.18. The highest BCUT2D eigenvalue weighted by Crippen LogP contribution is 2.33. The fraction of sp³-hybridized carbons (Fsp3) is 0.227. The van der Waals surface area contributed by atoms with Crippen LogP contribution in [0.5, 0.6) is 5.75 Å². The Morgan fingerprint density at radius 1 is 1.03 bits per heavy atom. The summed E-state index contributed by atoms with van der Waals surface area (Å²) in [6, 6.07) is 12.9. The summed E-state index contributed by atoms with van der Waals surface area (Å²) in [6.45, 7) is 6.02. The molecule has 0 unspecified atom stereocenters. The maximum absolute atomic E-state index is 12.9. The van der Waals surface area contributed by atoms with E-state index in [4.69, 9.17) is 4.74 Å². The van der Waals surface area contributed by atoms with E-state index >= 15 is 0 Å². The highest BCUT2D eigenvalue weighted by molar-refractivity contribution is 6.44. The highest BCUT2D eigenvalue weighted by atomic mass is 16.5. The quantitative estimate of drug-likeness (QED) is 0.731. The van der Waals surface area contributed by atoms with E-state index in [-0.39, 0.29) is 11.5 Å². The first kappa shape index (κ1) is 20.1. The molecule has 0 bridgehead atoms. The standard InChI is InChI=1S/C22H22N2O5/c1-13(2)12-29-18-10-4-15(5-11-18)19-20(26)22(28)24(21(19)27)17-8-6-16(7-9-17)23-14(3)25/h4-11,13,26H,12H2,1-3H3,(H,23,25). The van der Waals surface area contributed by atoms with E-state index in [1.54, 1.807) is 36.4 Å². The molecular formula is C22H22N2O5. The van der Waals surface area contributed by atoms with Crippen molar-refractivity contribution in [1.29, 1.82) is 0 Å². The van der Waals surface area contributed by atoms with E-state index in [1.165, 1.54) is 19.1 Å². The molecule has 0 aromatic heterocycles. The van der Waals surface area contributed by atoms with Gasteiger partial charge in [0.15, 0.2) is 5.76 Å². The third kappa shape index (κ3) is 4.29. The molecule has 150 valence electrons. The molecule has 1 aliphatic rings. The number of ether oxygens (including phenoxy) is 1. The Labute approximate surface area is 168 Å².